The number of hydrogen-bond acceptors (Lipinski definition) is 4. The molecule has 0 fully saturated rings. The van der Waals surface area contributed by atoms with Crippen molar-refractivity contribution < 1.29 is 5.11 Å². The topological polar surface area (TPSA) is 48.4 Å². The van der Waals surface area contributed by atoms with Crippen LogP contribution in [0.5, 0.6) is 5.75 Å². The summed E-state index contributed by atoms with van der Waals surface area (Å²) in [7, 11) is 0. The highest BCUT2D eigenvalue weighted by Crippen LogP contribution is 2.32. The van der Waals surface area contributed by atoms with Crippen molar-refractivity contribution in [3.63, 3.8) is 0 Å². The highest BCUT2D eigenvalue weighted by Gasteiger charge is 2.11. The van der Waals surface area contributed by atoms with Gasteiger partial charge in [0, 0.05) is 40.1 Å². The van der Waals surface area contributed by atoms with Crippen LogP contribution in [0.25, 0.3) is 10.9 Å². The van der Waals surface area contributed by atoms with Crippen LogP contribution in [0.2, 0.25) is 5.02 Å². The van der Waals surface area contributed by atoms with E-state index in [0.29, 0.717) is 10.8 Å². The minimum Gasteiger partial charge on any atom is -0.507 e. The number of nitrogens with zero attached hydrogens (tertiary/aromatic N) is 2. The van der Waals surface area contributed by atoms with Crippen molar-refractivity contribution in [2.75, 3.05) is 18.4 Å². The molecule has 2 N–H and O–H groups in total. The number of halogens is 1. The van der Waals surface area contributed by atoms with Crippen molar-refractivity contribution in [2.45, 2.75) is 27.3 Å². The van der Waals surface area contributed by atoms with E-state index in [2.05, 4.69) is 29.0 Å². The largest absolute Gasteiger partial charge is 0.507 e. The predicted octanol–water partition coefficient (Wildman–Crippen LogP) is 5.49. The third kappa shape index (κ3) is 3.92. The molecule has 4 nitrogen and oxygen atoms in total. The molecule has 0 atom stereocenters. The highest BCUT2D eigenvalue weighted by molar-refractivity contribution is 6.31. The minimum absolute atomic E-state index is 0.369. The van der Waals surface area contributed by atoms with E-state index in [4.69, 9.17) is 11.6 Å². The normalized spacial score (nSPS) is 11.3. The van der Waals surface area contributed by atoms with Gasteiger partial charge in [0.2, 0.25) is 0 Å². The number of hydrogen-bond donors (Lipinski definition) is 2. The average molecular weight is 370 g/mol. The number of nitrogens with one attached hydrogen (secondary N) is 1. The number of phenols is 1. The van der Waals surface area contributed by atoms with E-state index in [-0.39, 0.29) is 0 Å². The van der Waals surface area contributed by atoms with Gasteiger partial charge in [-0.1, -0.05) is 25.4 Å². The van der Waals surface area contributed by atoms with Crippen LogP contribution < -0.4 is 5.32 Å². The Morgan fingerprint density at radius 2 is 1.88 bits per heavy atom. The molecule has 26 heavy (non-hydrogen) atoms. The lowest BCUT2D eigenvalue weighted by molar-refractivity contribution is 0.290. The number of aryl methyl sites for hydroxylation is 1. The first-order valence-corrected chi connectivity index (χ1v) is 9.25. The molecule has 0 radical (unpaired) electrons. The zero-order chi connectivity index (χ0) is 18.7. The summed E-state index contributed by atoms with van der Waals surface area (Å²) in [5.41, 5.74) is 4.55. The van der Waals surface area contributed by atoms with Crippen LogP contribution in [0.1, 0.15) is 25.0 Å². The number of fused-ring (bicyclic) bond motifs is 1. The van der Waals surface area contributed by atoms with Gasteiger partial charge in [-0.15, -0.1) is 0 Å². The SMILES string of the molecule is CCN(CC)Cc1cc(Nc2ccnc3cc(Cl)ccc23)cc(C)c1O. The molecule has 0 spiro atoms. The van der Waals surface area contributed by atoms with Crippen molar-refractivity contribution >= 4 is 33.9 Å². The van der Waals surface area contributed by atoms with Crippen LogP contribution in [-0.2, 0) is 6.54 Å². The third-order valence-corrected chi connectivity index (χ3v) is 4.89. The van der Waals surface area contributed by atoms with Crippen molar-refractivity contribution in [1.29, 1.82) is 0 Å². The number of pyridine rings is 1. The molecule has 136 valence electrons. The monoisotopic (exact) mass is 369 g/mol. The zero-order valence-electron chi connectivity index (χ0n) is 15.4. The smallest absolute Gasteiger partial charge is 0.123 e. The van der Waals surface area contributed by atoms with E-state index in [1.54, 1.807) is 6.20 Å². The van der Waals surface area contributed by atoms with Gasteiger partial charge < -0.3 is 10.4 Å². The van der Waals surface area contributed by atoms with Gasteiger partial charge >= 0.3 is 0 Å². The Labute approximate surface area is 159 Å². The lowest BCUT2D eigenvalue weighted by Gasteiger charge is -2.20. The lowest BCUT2D eigenvalue weighted by atomic mass is 10.1. The third-order valence-electron chi connectivity index (χ3n) is 4.65. The number of rotatable bonds is 6. The van der Waals surface area contributed by atoms with Gasteiger partial charge in [0.1, 0.15) is 5.75 Å². The summed E-state index contributed by atoms with van der Waals surface area (Å²) in [6.45, 7) is 8.80. The van der Waals surface area contributed by atoms with E-state index in [0.717, 1.165) is 53.0 Å². The Bertz CT molecular complexity index is 923. The molecule has 0 saturated heterocycles. The fourth-order valence-electron chi connectivity index (χ4n) is 3.12. The number of anilines is 2. The molecule has 0 aliphatic rings. The molecule has 5 heteroatoms. The van der Waals surface area contributed by atoms with Gasteiger partial charge in [0.25, 0.3) is 0 Å². The summed E-state index contributed by atoms with van der Waals surface area (Å²) in [5, 5.41) is 15.6. The summed E-state index contributed by atoms with van der Waals surface area (Å²) in [4.78, 5) is 6.66. The van der Waals surface area contributed by atoms with E-state index < -0.39 is 0 Å². The van der Waals surface area contributed by atoms with Crippen LogP contribution in [0, 0.1) is 6.92 Å². The molecule has 0 bridgehead atoms. The molecule has 1 aromatic heterocycles. The first-order chi connectivity index (χ1) is 12.5. The molecule has 0 aliphatic heterocycles. The van der Waals surface area contributed by atoms with Crippen LogP contribution in [0.15, 0.2) is 42.6 Å². The summed E-state index contributed by atoms with van der Waals surface area (Å²) in [5.74, 6) is 0.369. The van der Waals surface area contributed by atoms with E-state index in [9.17, 15) is 5.11 Å². The van der Waals surface area contributed by atoms with Gasteiger partial charge in [0.15, 0.2) is 0 Å². The fourth-order valence-corrected chi connectivity index (χ4v) is 3.29. The Balaban J connectivity index is 1.97. The summed E-state index contributed by atoms with van der Waals surface area (Å²) >= 11 is 6.07. The van der Waals surface area contributed by atoms with Crippen LogP contribution in [0.4, 0.5) is 11.4 Å². The maximum Gasteiger partial charge on any atom is 0.123 e. The molecule has 0 saturated carbocycles. The maximum atomic E-state index is 10.5. The van der Waals surface area contributed by atoms with Gasteiger partial charge in [-0.05, 0) is 62.0 Å². The zero-order valence-corrected chi connectivity index (χ0v) is 16.1. The van der Waals surface area contributed by atoms with Crippen molar-refractivity contribution in [3.05, 3.63) is 58.7 Å². The van der Waals surface area contributed by atoms with Crippen LogP contribution >= 0.6 is 11.6 Å². The van der Waals surface area contributed by atoms with Gasteiger partial charge in [-0.2, -0.15) is 0 Å². The Morgan fingerprint density at radius 1 is 1.12 bits per heavy atom. The second-order valence-electron chi connectivity index (χ2n) is 6.41. The van der Waals surface area contributed by atoms with E-state index >= 15 is 0 Å². The van der Waals surface area contributed by atoms with Crippen LogP contribution in [0.3, 0.4) is 0 Å². The molecule has 0 unspecified atom stereocenters. The Morgan fingerprint density at radius 3 is 2.62 bits per heavy atom. The lowest BCUT2D eigenvalue weighted by Crippen LogP contribution is -2.22. The number of benzene rings is 2. The van der Waals surface area contributed by atoms with Crippen molar-refractivity contribution in [3.8, 4) is 5.75 Å². The fraction of sp³-hybridized carbons (Fsp3) is 0.286. The van der Waals surface area contributed by atoms with Crippen molar-refractivity contribution in [1.82, 2.24) is 9.88 Å². The first-order valence-electron chi connectivity index (χ1n) is 8.88. The summed E-state index contributed by atoms with van der Waals surface area (Å²) in [6, 6.07) is 11.6. The Hall–Kier alpha value is -2.30. The molecule has 1 heterocycles. The molecular formula is C21H24ClN3O. The number of aromatic nitrogens is 1. The quantitative estimate of drug-likeness (QED) is 0.564. The van der Waals surface area contributed by atoms with Gasteiger partial charge in [-0.3, -0.25) is 9.88 Å². The number of aromatic hydroxyl groups is 1. The number of phenolic OH excluding ortho intramolecular Hbond substituents is 1. The minimum atomic E-state index is 0.369. The Kier molecular flexibility index (Phi) is 5.64. The maximum absolute atomic E-state index is 10.5. The second kappa shape index (κ2) is 7.94. The highest BCUT2D eigenvalue weighted by atomic mass is 35.5. The summed E-state index contributed by atoms with van der Waals surface area (Å²) in [6.07, 6.45) is 1.77. The summed E-state index contributed by atoms with van der Waals surface area (Å²) < 4.78 is 0. The van der Waals surface area contributed by atoms with E-state index in [1.165, 1.54) is 0 Å². The van der Waals surface area contributed by atoms with Gasteiger partial charge in [0.05, 0.1) is 5.52 Å². The average Bonchev–Trinajstić information content (AvgIpc) is 2.63. The van der Waals surface area contributed by atoms with Crippen molar-refractivity contribution in [2.24, 2.45) is 0 Å². The van der Waals surface area contributed by atoms with E-state index in [1.807, 2.05) is 43.3 Å². The molecule has 0 aliphatic carbocycles. The molecule has 2 aromatic carbocycles. The molecule has 0 amide bonds. The predicted molar refractivity (Wildman–Crippen MR) is 110 cm³/mol. The molecule has 3 rings (SSSR count). The second-order valence-corrected chi connectivity index (χ2v) is 6.84. The van der Waals surface area contributed by atoms with Crippen LogP contribution in [-0.4, -0.2) is 28.1 Å². The standard InChI is InChI=1S/C21H24ClN3O/c1-4-25(5-2)13-15-11-17(10-14(3)21(15)26)24-19-8-9-23-20-12-16(22)6-7-18(19)20/h6-12,26H,4-5,13H2,1-3H3,(H,23,24). The molecular weight excluding hydrogens is 346 g/mol. The van der Waals surface area contributed by atoms with Gasteiger partial charge in [-0.25, -0.2) is 0 Å². The molecule has 3 aromatic rings. The first kappa shape index (κ1) is 18.5.